The van der Waals surface area contributed by atoms with Crippen molar-refractivity contribution in [3.63, 3.8) is 0 Å². The van der Waals surface area contributed by atoms with Crippen LogP contribution in [0.25, 0.3) is 16.7 Å². The normalized spacial score (nSPS) is 15.2. The first-order valence-corrected chi connectivity index (χ1v) is 13.6. The SMILES string of the molecule is C[C@@H](CC(=O)N1CCN(c2nc(Cc3ccccc3)nc3c2cnn3-c2ccccc2)CC1)CC(C)(C)C. The van der Waals surface area contributed by atoms with Gasteiger partial charge in [-0.15, -0.1) is 0 Å². The molecule has 7 nitrogen and oxygen atoms in total. The van der Waals surface area contributed by atoms with E-state index in [9.17, 15) is 4.79 Å². The van der Waals surface area contributed by atoms with Crippen molar-refractivity contribution in [3.05, 3.63) is 78.2 Å². The van der Waals surface area contributed by atoms with E-state index in [1.54, 1.807) is 0 Å². The van der Waals surface area contributed by atoms with Gasteiger partial charge in [0.15, 0.2) is 5.65 Å². The quantitative estimate of drug-likeness (QED) is 0.328. The van der Waals surface area contributed by atoms with Crippen molar-refractivity contribution in [1.82, 2.24) is 24.6 Å². The second-order valence-electron chi connectivity index (χ2n) is 11.7. The van der Waals surface area contributed by atoms with Gasteiger partial charge in [0.05, 0.1) is 17.3 Å². The first kappa shape index (κ1) is 25.9. The van der Waals surface area contributed by atoms with Crippen molar-refractivity contribution >= 4 is 22.8 Å². The van der Waals surface area contributed by atoms with Crippen LogP contribution >= 0.6 is 0 Å². The van der Waals surface area contributed by atoms with Crippen LogP contribution in [0.4, 0.5) is 5.82 Å². The summed E-state index contributed by atoms with van der Waals surface area (Å²) in [6.07, 6.45) is 4.18. The van der Waals surface area contributed by atoms with Crippen LogP contribution in [0.5, 0.6) is 0 Å². The number of carbonyl (C=O) groups is 1. The van der Waals surface area contributed by atoms with E-state index in [0.717, 1.165) is 47.9 Å². The monoisotopic (exact) mass is 510 g/mol. The summed E-state index contributed by atoms with van der Waals surface area (Å²) < 4.78 is 1.89. The average molecular weight is 511 g/mol. The zero-order valence-corrected chi connectivity index (χ0v) is 23.0. The molecular weight excluding hydrogens is 472 g/mol. The standard InChI is InChI=1S/C31H38N6O/c1-23(21-31(2,3)4)19-28(38)35-15-17-36(18-16-35)29-26-22-32-37(25-13-9-6-10-14-25)30(26)34-27(33-29)20-24-11-7-5-8-12-24/h5-14,22-23H,15-21H2,1-4H3/t23-/m0/s1. The molecule has 1 aliphatic heterocycles. The smallest absolute Gasteiger partial charge is 0.222 e. The zero-order valence-electron chi connectivity index (χ0n) is 23.0. The summed E-state index contributed by atoms with van der Waals surface area (Å²) >= 11 is 0. The predicted octanol–water partition coefficient (Wildman–Crippen LogP) is 5.52. The third-order valence-corrected chi connectivity index (χ3v) is 7.08. The van der Waals surface area contributed by atoms with Crippen LogP contribution in [0.1, 0.15) is 51.9 Å². The van der Waals surface area contributed by atoms with Gasteiger partial charge in [0, 0.05) is 39.0 Å². The summed E-state index contributed by atoms with van der Waals surface area (Å²) in [6.45, 7) is 11.8. The third-order valence-electron chi connectivity index (χ3n) is 7.08. The van der Waals surface area contributed by atoms with E-state index < -0.39 is 0 Å². The van der Waals surface area contributed by atoms with E-state index in [0.29, 0.717) is 31.8 Å². The second-order valence-corrected chi connectivity index (χ2v) is 11.7. The number of rotatable bonds is 7. The van der Waals surface area contributed by atoms with Crippen molar-refractivity contribution in [2.75, 3.05) is 31.1 Å². The van der Waals surface area contributed by atoms with Crippen molar-refractivity contribution < 1.29 is 4.79 Å². The number of nitrogens with zero attached hydrogens (tertiary/aromatic N) is 6. The highest BCUT2D eigenvalue weighted by atomic mass is 16.2. The van der Waals surface area contributed by atoms with Gasteiger partial charge in [-0.2, -0.15) is 5.10 Å². The maximum atomic E-state index is 13.0. The highest BCUT2D eigenvalue weighted by Gasteiger charge is 2.27. The summed E-state index contributed by atoms with van der Waals surface area (Å²) in [6, 6.07) is 20.4. The molecule has 1 atom stereocenters. The molecule has 4 aromatic rings. The fourth-order valence-corrected chi connectivity index (χ4v) is 5.51. The molecule has 0 aliphatic carbocycles. The van der Waals surface area contributed by atoms with Crippen LogP contribution in [0, 0.1) is 11.3 Å². The van der Waals surface area contributed by atoms with Crippen LogP contribution in [0.15, 0.2) is 66.9 Å². The van der Waals surface area contributed by atoms with E-state index in [4.69, 9.17) is 15.1 Å². The lowest BCUT2D eigenvalue weighted by Crippen LogP contribution is -2.49. The molecular formula is C31H38N6O. The minimum Gasteiger partial charge on any atom is -0.352 e. The van der Waals surface area contributed by atoms with Gasteiger partial charge in [-0.25, -0.2) is 14.6 Å². The number of benzene rings is 2. The molecule has 0 unspecified atom stereocenters. The molecule has 7 heteroatoms. The summed E-state index contributed by atoms with van der Waals surface area (Å²) in [4.78, 5) is 27.4. The van der Waals surface area contributed by atoms with Crippen molar-refractivity contribution in [2.24, 2.45) is 11.3 Å². The summed E-state index contributed by atoms with van der Waals surface area (Å²) in [5, 5.41) is 5.63. The fourth-order valence-electron chi connectivity index (χ4n) is 5.51. The van der Waals surface area contributed by atoms with Gasteiger partial charge in [-0.1, -0.05) is 76.2 Å². The van der Waals surface area contributed by atoms with E-state index >= 15 is 0 Å². The van der Waals surface area contributed by atoms with Gasteiger partial charge in [-0.3, -0.25) is 4.79 Å². The lowest BCUT2D eigenvalue weighted by atomic mass is 9.84. The molecule has 0 N–H and O–H groups in total. The Morgan fingerprint density at radius 3 is 2.24 bits per heavy atom. The molecule has 1 aliphatic rings. The number of carbonyl (C=O) groups excluding carboxylic acids is 1. The van der Waals surface area contributed by atoms with Gasteiger partial charge in [0.1, 0.15) is 11.6 Å². The van der Waals surface area contributed by atoms with E-state index in [1.807, 2.05) is 64.3 Å². The Balaban J connectivity index is 1.39. The maximum absolute atomic E-state index is 13.0. The molecule has 0 radical (unpaired) electrons. The van der Waals surface area contributed by atoms with Crippen LogP contribution in [-0.4, -0.2) is 56.7 Å². The van der Waals surface area contributed by atoms with Crippen LogP contribution < -0.4 is 4.90 Å². The number of fused-ring (bicyclic) bond motifs is 1. The second kappa shape index (κ2) is 10.9. The average Bonchev–Trinajstić information content (AvgIpc) is 3.32. The lowest BCUT2D eigenvalue weighted by Gasteiger charge is -2.36. The predicted molar refractivity (Wildman–Crippen MR) is 153 cm³/mol. The third kappa shape index (κ3) is 6.04. The van der Waals surface area contributed by atoms with Crippen LogP contribution in [-0.2, 0) is 11.2 Å². The highest BCUT2D eigenvalue weighted by molar-refractivity contribution is 5.88. The van der Waals surface area contributed by atoms with Gasteiger partial charge in [0.25, 0.3) is 0 Å². The molecule has 2 aromatic carbocycles. The minimum atomic E-state index is 0.235. The Morgan fingerprint density at radius 2 is 1.58 bits per heavy atom. The molecule has 0 saturated carbocycles. The van der Waals surface area contributed by atoms with Gasteiger partial charge < -0.3 is 9.80 Å². The zero-order chi connectivity index (χ0) is 26.7. The highest BCUT2D eigenvalue weighted by Crippen LogP contribution is 2.29. The maximum Gasteiger partial charge on any atom is 0.222 e. The number of anilines is 1. The molecule has 0 bridgehead atoms. The van der Waals surface area contributed by atoms with Crippen LogP contribution in [0.2, 0.25) is 0 Å². The largest absolute Gasteiger partial charge is 0.352 e. The van der Waals surface area contributed by atoms with Gasteiger partial charge in [0.2, 0.25) is 5.91 Å². The topological polar surface area (TPSA) is 67.2 Å². The molecule has 1 saturated heterocycles. The van der Waals surface area contributed by atoms with Crippen molar-refractivity contribution in [1.29, 1.82) is 0 Å². The Bertz CT molecular complexity index is 1370. The number of aromatic nitrogens is 4. The summed E-state index contributed by atoms with van der Waals surface area (Å²) in [7, 11) is 0. The van der Waals surface area contributed by atoms with Crippen molar-refractivity contribution in [3.8, 4) is 5.69 Å². The lowest BCUT2D eigenvalue weighted by molar-refractivity contribution is -0.132. The number of hydrogen-bond acceptors (Lipinski definition) is 5. The van der Waals surface area contributed by atoms with E-state index in [2.05, 4.69) is 44.7 Å². The summed E-state index contributed by atoms with van der Waals surface area (Å²) in [5.41, 5.74) is 3.18. The van der Waals surface area contributed by atoms with E-state index in [1.165, 1.54) is 5.56 Å². The number of amides is 1. The molecule has 1 fully saturated rings. The minimum absolute atomic E-state index is 0.235. The molecule has 0 spiro atoms. The summed E-state index contributed by atoms with van der Waals surface area (Å²) in [5.74, 6) is 2.31. The Morgan fingerprint density at radius 1 is 0.921 bits per heavy atom. The van der Waals surface area contributed by atoms with E-state index in [-0.39, 0.29) is 11.3 Å². The number of piperazine rings is 1. The van der Waals surface area contributed by atoms with Gasteiger partial charge >= 0.3 is 0 Å². The molecule has 3 heterocycles. The fraction of sp³-hybridized carbons (Fsp3) is 0.419. The molecule has 38 heavy (non-hydrogen) atoms. The first-order chi connectivity index (χ1) is 18.3. The number of para-hydroxylation sites is 1. The Labute approximate surface area is 225 Å². The molecule has 2 aromatic heterocycles. The number of hydrogen-bond donors (Lipinski definition) is 0. The Hall–Kier alpha value is -3.74. The Kier molecular flexibility index (Phi) is 7.45. The van der Waals surface area contributed by atoms with Gasteiger partial charge in [-0.05, 0) is 35.4 Å². The first-order valence-electron chi connectivity index (χ1n) is 13.6. The molecule has 5 rings (SSSR count). The van der Waals surface area contributed by atoms with Crippen LogP contribution in [0.3, 0.4) is 0 Å². The van der Waals surface area contributed by atoms with Crippen molar-refractivity contribution in [2.45, 2.75) is 47.0 Å². The molecule has 1 amide bonds. The molecule has 198 valence electrons.